The van der Waals surface area contributed by atoms with Gasteiger partial charge in [0.15, 0.2) is 0 Å². The van der Waals surface area contributed by atoms with Gasteiger partial charge in [0.05, 0.1) is 6.10 Å². The molecule has 0 amide bonds. The van der Waals surface area contributed by atoms with Crippen molar-refractivity contribution in [2.75, 3.05) is 6.54 Å². The van der Waals surface area contributed by atoms with Gasteiger partial charge in [0.2, 0.25) is 0 Å². The van der Waals surface area contributed by atoms with Crippen molar-refractivity contribution in [3.05, 3.63) is 29.8 Å². The first-order valence-electron chi connectivity index (χ1n) is 7.16. The molecule has 1 aliphatic heterocycles. The number of carboxylic acids is 1. The van der Waals surface area contributed by atoms with Crippen molar-refractivity contribution in [2.45, 2.75) is 51.8 Å². The smallest absolute Gasteiger partial charge is 0.323 e. The van der Waals surface area contributed by atoms with Crippen molar-refractivity contribution in [3.8, 4) is 5.75 Å². The van der Waals surface area contributed by atoms with E-state index in [0.29, 0.717) is 6.54 Å². The van der Waals surface area contributed by atoms with Gasteiger partial charge in [-0.1, -0.05) is 12.1 Å². The van der Waals surface area contributed by atoms with Crippen LogP contribution in [-0.2, 0) is 11.3 Å². The number of hydrogen-bond acceptors (Lipinski definition) is 3. The molecule has 0 radical (unpaired) electrons. The molecule has 0 bridgehead atoms. The van der Waals surface area contributed by atoms with Gasteiger partial charge in [-0.2, -0.15) is 0 Å². The number of nitrogens with zero attached hydrogens (tertiary/aromatic N) is 1. The summed E-state index contributed by atoms with van der Waals surface area (Å²) in [5.74, 6) is 0.126. The Hall–Kier alpha value is -1.55. The van der Waals surface area contributed by atoms with E-state index < -0.39 is 11.5 Å². The maximum atomic E-state index is 11.4. The van der Waals surface area contributed by atoms with Crippen molar-refractivity contribution in [2.24, 2.45) is 0 Å². The molecule has 1 aliphatic rings. The Morgan fingerprint density at radius 2 is 2.05 bits per heavy atom. The Kier molecular flexibility index (Phi) is 4.33. The summed E-state index contributed by atoms with van der Waals surface area (Å²) in [6, 6.07) is 7.92. The summed E-state index contributed by atoms with van der Waals surface area (Å²) in [4.78, 5) is 13.5. The molecule has 1 heterocycles. The number of carbonyl (C=O) groups is 1. The third-order valence-corrected chi connectivity index (χ3v) is 3.92. The van der Waals surface area contributed by atoms with E-state index in [2.05, 4.69) is 0 Å². The Balaban J connectivity index is 2.04. The topological polar surface area (TPSA) is 49.8 Å². The standard InChI is InChI=1S/C16H23NO3/c1-12(2)20-14-7-5-13(6-8-14)11-17-10-4-9-16(17,3)15(18)19/h5-8,12H,4,9-11H2,1-3H3,(H,18,19). The molecule has 1 aromatic rings. The Bertz CT molecular complexity index is 469. The van der Waals surface area contributed by atoms with Gasteiger partial charge in [0.1, 0.15) is 11.3 Å². The molecular weight excluding hydrogens is 254 g/mol. The van der Waals surface area contributed by atoms with Crippen LogP contribution < -0.4 is 4.74 Å². The molecule has 110 valence electrons. The molecule has 1 saturated heterocycles. The highest BCUT2D eigenvalue weighted by molar-refractivity contribution is 5.78. The van der Waals surface area contributed by atoms with E-state index in [9.17, 15) is 9.90 Å². The highest BCUT2D eigenvalue weighted by Crippen LogP contribution is 2.31. The maximum absolute atomic E-state index is 11.4. The lowest BCUT2D eigenvalue weighted by molar-refractivity contribution is -0.148. The fourth-order valence-corrected chi connectivity index (χ4v) is 2.68. The predicted molar refractivity (Wildman–Crippen MR) is 77.9 cm³/mol. The zero-order chi connectivity index (χ0) is 14.8. The zero-order valence-corrected chi connectivity index (χ0v) is 12.4. The van der Waals surface area contributed by atoms with E-state index in [4.69, 9.17) is 4.74 Å². The third-order valence-electron chi connectivity index (χ3n) is 3.92. The maximum Gasteiger partial charge on any atom is 0.323 e. The predicted octanol–water partition coefficient (Wildman–Crippen LogP) is 2.91. The molecule has 0 aromatic heterocycles. The van der Waals surface area contributed by atoms with Crippen LogP contribution in [0.3, 0.4) is 0 Å². The molecule has 1 N–H and O–H groups in total. The molecular formula is C16H23NO3. The van der Waals surface area contributed by atoms with E-state index >= 15 is 0 Å². The van der Waals surface area contributed by atoms with Crippen LogP contribution in [0.15, 0.2) is 24.3 Å². The van der Waals surface area contributed by atoms with Gasteiger partial charge < -0.3 is 9.84 Å². The van der Waals surface area contributed by atoms with Gasteiger partial charge >= 0.3 is 5.97 Å². The lowest BCUT2D eigenvalue weighted by Gasteiger charge is -2.31. The van der Waals surface area contributed by atoms with Crippen molar-refractivity contribution >= 4 is 5.97 Å². The second-order valence-electron chi connectivity index (χ2n) is 5.91. The summed E-state index contributed by atoms with van der Waals surface area (Å²) in [5.41, 5.74) is 0.392. The average Bonchev–Trinajstić information content (AvgIpc) is 2.74. The molecule has 4 heteroatoms. The molecule has 20 heavy (non-hydrogen) atoms. The van der Waals surface area contributed by atoms with Crippen LogP contribution in [0.25, 0.3) is 0 Å². The second kappa shape index (κ2) is 5.83. The van der Waals surface area contributed by atoms with E-state index in [0.717, 1.165) is 30.7 Å². The lowest BCUT2D eigenvalue weighted by Crippen LogP contribution is -2.47. The van der Waals surface area contributed by atoms with Crippen molar-refractivity contribution in [1.29, 1.82) is 0 Å². The number of ether oxygens (including phenoxy) is 1. The number of likely N-dealkylation sites (tertiary alicyclic amines) is 1. The Labute approximate surface area is 120 Å². The molecule has 1 unspecified atom stereocenters. The van der Waals surface area contributed by atoms with Crippen LogP contribution in [0.4, 0.5) is 0 Å². The minimum absolute atomic E-state index is 0.162. The fourth-order valence-electron chi connectivity index (χ4n) is 2.68. The average molecular weight is 277 g/mol. The SMILES string of the molecule is CC(C)Oc1ccc(CN2CCCC2(C)C(=O)O)cc1. The van der Waals surface area contributed by atoms with Crippen LogP contribution >= 0.6 is 0 Å². The third kappa shape index (κ3) is 3.12. The van der Waals surface area contributed by atoms with Crippen LogP contribution in [0, 0.1) is 0 Å². The summed E-state index contributed by atoms with van der Waals surface area (Å²) in [5, 5.41) is 9.40. The summed E-state index contributed by atoms with van der Waals surface area (Å²) in [6.45, 7) is 7.32. The number of carboxylic acid groups (broad SMARTS) is 1. The van der Waals surface area contributed by atoms with E-state index in [1.54, 1.807) is 0 Å². The van der Waals surface area contributed by atoms with Gasteiger partial charge in [0, 0.05) is 6.54 Å². The van der Waals surface area contributed by atoms with E-state index in [1.165, 1.54) is 0 Å². The first-order chi connectivity index (χ1) is 9.41. The molecule has 2 rings (SSSR count). The van der Waals surface area contributed by atoms with Gasteiger partial charge in [-0.15, -0.1) is 0 Å². The normalized spacial score (nSPS) is 23.2. The number of benzene rings is 1. The Morgan fingerprint density at radius 3 is 2.60 bits per heavy atom. The number of rotatable bonds is 5. The lowest BCUT2D eigenvalue weighted by atomic mass is 9.99. The van der Waals surface area contributed by atoms with Gasteiger partial charge in [-0.05, 0) is 57.9 Å². The van der Waals surface area contributed by atoms with E-state index in [-0.39, 0.29) is 6.10 Å². The monoisotopic (exact) mass is 277 g/mol. The van der Waals surface area contributed by atoms with Crippen LogP contribution in [0.5, 0.6) is 5.75 Å². The summed E-state index contributed by atoms with van der Waals surface area (Å²) >= 11 is 0. The molecule has 1 atom stereocenters. The molecule has 1 fully saturated rings. The molecule has 1 aromatic carbocycles. The molecule has 0 saturated carbocycles. The second-order valence-corrected chi connectivity index (χ2v) is 5.91. The highest BCUT2D eigenvalue weighted by atomic mass is 16.5. The molecule has 0 aliphatic carbocycles. The van der Waals surface area contributed by atoms with Crippen molar-refractivity contribution in [1.82, 2.24) is 4.90 Å². The van der Waals surface area contributed by atoms with Gasteiger partial charge in [0.25, 0.3) is 0 Å². The first-order valence-corrected chi connectivity index (χ1v) is 7.16. The first kappa shape index (κ1) is 14.9. The van der Waals surface area contributed by atoms with Gasteiger partial charge in [-0.25, -0.2) is 0 Å². The van der Waals surface area contributed by atoms with Crippen LogP contribution in [0.1, 0.15) is 39.2 Å². The Morgan fingerprint density at radius 1 is 1.40 bits per heavy atom. The largest absolute Gasteiger partial charge is 0.491 e. The molecule has 4 nitrogen and oxygen atoms in total. The van der Waals surface area contributed by atoms with Gasteiger partial charge in [-0.3, -0.25) is 9.69 Å². The minimum atomic E-state index is -0.729. The van der Waals surface area contributed by atoms with E-state index in [1.807, 2.05) is 49.9 Å². The number of aliphatic carboxylic acids is 1. The van der Waals surface area contributed by atoms with Crippen molar-refractivity contribution < 1.29 is 14.6 Å². The summed E-state index contributed by atoms with van der Waals surface area (Å²) in [6.07, 6.45) is 1.82. The minimum Gasteiger partial charge on any atom is -0.491 e. The summed E-state index contributed by atoms with van der Waals surface area (Å²) in [7, 11) is 0. The molecule has 0 spiro atoms. The summed E-state index contributed by atoms with van der Waals surface area (Å²) < 4.78 is 5.61. The zero-order valence-electron chi connectivity index (χ0n) is 12.4. The van der Waals surface area contributed by atoms with Crippen LogP contribution in [-0.4, -0.2) is 34.2 Å². The van der Waals surface area contributed by atoms with Crippen LogP contribution in [0.2, 0.25) is 0 Å². The quantitative estimate of drug-likeness (QED) is 0.899. The van der Waals surface area contributed by atoms with Crippen molar-refractivity contribution in [3.63, 3.8) is 0 Å². The number of hydrogen-bond donors (Lipinski definition) is 1. The fraction of sp³-hybridized carbons (Fsp3) is 0.562. The highest BCUT2D eigenvalue weighted by Gasteiger charge is 2.42.